The van der Waals surface area contributed by atoms with E-state index in [0.29, 0.717) is 5.75 Å². The highest BCUT2D eigenvalue weighted by molar-refractivity contribution is 5.99. The van der Waals surface area contributed by atoms with E-state index in [9.17, 15) is 9.59 Å². The van der Waals surface area contributed by atoms with Gasteiger partial charge in [0.1, 0.15) is 17.3 Å². The van der Waals surface area contributed by atoms with Gasteiger partial charge in [-0.1, -0.05) is 12.1 Å². The van der Waals surface area contributed by atoms with Crippen molar-refractivity contribution in [1.82, 2.24) is 0 Å². The van der Waals surface area contributed by atoms with Crippen LogP contribution in [-0.2, 0) is 16.0 Å². The molecular formula is C11H11NO3. The molecule has 0 aliphatic rings. The van der Waals surface area contributed by atoms with Gasteiger partial charge in [0.2, 0.25) is 0 Å². The van der Waals surface area contributed by atoms with E-state index in [1.54, 1.807) is 31.4 Å². The van der Waals surface area contributed by atoms with Crippen molar-refractivity contribution in [2.45, 2.75) is 6.42 Å². The van der Waals surface area contributed by atoms with Crippen molar-refractivity contribution >= 4 is 11.8 Å². The van der Waals surface area contributed by atoms with Gasteiger partial charge in [-0.15, -0.1) is 0 Å². The van der Waals surface area contributed by atoms with Gasteiger partial charge in [-0.2, -0.15) is 0 Å². The summed E-state index contributed by atoms with van der Waals surface area (Å²) in [5.41, 5.74) is 5.71. The molecule has 0 saturated carbocycles. The Morgan fingerprint density at radius 3 is 2.80 bits per heavy atom. The predicted octanol–water partition coefficient (Wildman–Crippen LogP) is 0.481. The molecule has 1 rings (SSSR count). The number of amides is 1. The predicted molar refractivity (Wildman–Crippen MR) is 55.1 cm³/mol. The molecule has 0 bridgehead atoms. The van der Waals surface area contributed by atoms with Crippen molar-refractivity contribution in [3.63, 3.8) is 0 Å². The van der Waals surface area contributed by atoms with Crippen LogP contribution in [0, 0.1) is 0 Å². The van der Waals surface area contributed by atoms with Gasteiger partial charge in [0.25, 0.3) is 5.91 Å². The van der Waals surface area contributed by atoms with Gasteiger partial charge in [0, 0.05) is 6.42 Å². The van der Waals surface area contributed by atoms with Crippen LogP contribution in [0.2, 0.25) is 0 Å². The van der Waals surface area contributed by atoms with Crippen LogP contribution >= 0.6 is 0 Å². The van der Waals surface area contributed by atoms with Gasteiger partial charge < -0.3 is 10.5 Å². The number of hydrogen-bond acceptors (Lipinski definition) is 3. The average Bonchev–Trinajstić information content (AvgIpc) is 2.25. The number of ether oxygens (including phenoxy) is 1. The summed E-state index contributed by atoms with van der Waals surface area (Å²) < 4.78 is 5.01. The molecule has 4 nitrogen and oxygen atoms in total. The zero-order valence-corrected chi connectivity index (χ0v) is 8.32. The summed E-state index contributed by atoms with van der Waals surface area (Å²) in [4.78, 5) is 21.2. The SMILES string of the molecule is COc1cccc(CC(=C=O)C(N)=O)c1. The fourth-order valence-corrected chi connectivity index (χ4v) is 1.16. The third-order valence-corrected chi connectivity index (χ3v) is 1.94. The maximum atomic E-state index is 10.8. The van der Waals surface area contributed by atoms with E-state index in [1.165, 1.54) is 5.94 Å². The van der Waals surface area contributed by atoms with E-state index in [-0.39, 0.29) is 12.0 Å². The molecule has 0 unspecified atom stereocenters. The van der Waals surface area contributed by atoms with E-state index in [1.807, 2.05) is 0 Å². The van der Waals surface area contributed by atoms with Gasteiger partial charge in [-0.3, -0.25) is 4.79 Å². The molecule has 1 amide bonds. The first-order valence-corrected chi connectivity index (χ1v) is 4.34. The Morgan fingerprint density at radius 2 is 2.27 bits per heavy atom. The van der Waals surface area contributed by atoms with Crippen molar-refractivity contribution in [3.8, 4) is 5.75 Å². The number of benzene rings is 1. The van der Waals surface area contributed by atoms with Crippen molar-refractivity contribution in [2.75, 3.05) is 7.11 Å². The maximum Gasteiger partial charge on any atom is 0.256 e. The largest absolute Gasteiger partial charge is 0.497 e. The van der Waals surface area contributed by atoms with Gasteiger partial charge in [0.15, 0.2) is 0 Å². The molecule has 0 saturated heterocycles. The molecule has 2 N–H and O–H groups in total. The first-order chi connectivity index (χ1) is 7.17. The van der Waals surface area contributed by atoms with Crippen molar-refractivity contribution in [1.29, 1.82) is 0 Å². The molecule has 0 radical (unpaired) electrons. The highest BCUT2D eigenvalue weighted by atomic mass is 16.5. The summed E-state index contributed by atoms with van der Waals surface area (Å²) in [6, 6.07) is 7.07. The second kappa shape index (κ2) is 4.98. The molecule has 0 fully saturated rings. The lowest BCUT2D eigenvalue weighted by Crippen LogP contribution is -2.16. The number of carbonyl (C=O) groups excluding carboxylic acids is 2. The van der Waals surface area contributed by atoms with Crippen LogP contribution in [0.4, 0.5) is 0 Å². The lowest BCUT2D eigenvalue weighted by molar-refractivity contribution is -0.114. The second-order valence-corrected chi connectivity index (χ2v) is 2.97. The third kappa shape index (κ3) is 2.97. The summed E-state index contributed by atoms with van der Waals surface area (Å²) >= 11 is 0. The van der Waals surface area contributed by atoms with E-state index in [0.717, 1.165) is 5.56 Å². The minimum Gasteiger partial charge on any atom is -0.497 e. The molecular weight excluding hydrogens is 194 g/mol. The monoisotopic (exact) mass is 205 g/mol. The second-order valence-electron chi connectivity index (χ2n) is 2.97. The van der Waals surface area contributed by atoms with Crippen LogP contribution in [-0.4, -0.2) is 19.0 Å². The molecule has 0 atom stereocenters. The standard InChI is InChI=1S/C11H11NO3/c1-15-10-4-2-3-8(6-10)5-9(7-13)11(12)14/h2-4,6H,5H2,1H3,(H2,12,14). The van der Waals surface area contributed by atoms with Crippen molar-refractivity contribution < 1.29 is 14.3 Å². The summed E-state index contributed by atoms with van der Waals surface area (Å²) in [6.07, 6.45) is 0.177. The van der Waals surface area contributed by atoms with E-state index >= 15 is 0 Å². The van der Waals surface area contributed by atoms with Crippen molar-refractivity contribution in [3.05, 3.63) is 35.4 Å². The zero-order chi connectivity index (χ0) is 11.3. The summed E-state index contributed by atoms with van der Waals surface area (Å²) in [7, 11) is 1.55. The Bertz CT molecular complexity index is 420. The van der Waals surface area contributed by atoms with Crippen molar-refractivity contribution in [2.24, 2.45) is 5.73 Å². The molecule has 78 valence electrons. The highest BCUT2D eigenvalue weighted by Crippen LogP contribution is 2.14. The van der Waals surface area contributed by atoms with Crippen LogP contribution in [0.5, 0.6) is 5.75 Å². The number of rotatable bonds is 4. The summed E-state index contributed by atoms with van der Waals surface area (Å²) in [5, 5.41) is 0. The number of carbonyl (C=O) groups is 1. The van der Waals surface area contributed by atoms with Crippen LogP contribution in [0.25, 0.3) is 0 Å². The van der Waals surface area contributed by atoms with E-state index in [2.05, 4.69) is 0 Å². The molecule has 4 heteroatoms. The molecule has 0 aliphatic carbocycles. The van der Waals surface area contributed by atoms with E-state index in [4.69, 9.17) is 10.5 Å². The number of methoxy groups -OCH3 is 1. The van der Waals surface area contributed by atoms with Gasteiger partial charge in [0.05, 0.1) is 7.11 Å². The molecule has 1 aromatic carbocycles. The first-order valence-electron chi connectivity index (χ1n) is 4.34. The molecule has 15 heavy (non-hydrogen) atoms. The Hall–Kier alpha value is -2.06. The maximum absolute atomic E-state index is 10.8. The van der Waals surface area contributed by atoms with Gasteiger partial charge >= 0.3 is 0 Å². The van der Waals surface area contributed by atoms with Gasteiger partial charge in [-0.05, 0) is 17.7 Å². The van der Waals surface area contributed by atoms with Crippen LogP contribution in [0.15, 0.2) is 29.8 Å². The Morgan fingerprint density at radius 1 is 1.53 bits per heavy atom. The van der Waals surface area contributed by atoms with Gasteiger partial charge in [-0.25, -0.2) is 4.79 Å². The average molecular weight is 205 g/mol. The minimum absolute atomic E-state index is 0.0664. The quantitative estimate of drug-likeness (QED) is 0.574. The fourth-order valence-electron chi connectivity index (χ4n) is 1.16. The summed E-state index contributed by atoms with van der Waals surface area (Å²) in [6.45, 7) is 0. The van der Waals surface area contributed by atoms with Crippen LogP contribution in [0.1, 0.15) is 5.56 Å². The lowest BCUT2D eigenvalue weighted by Gasteiger charge is -2.03. The Balaban J connectivity index is 2.89. The first kappa shape index (κ1) is 11.0. The Labute approximate surface area is 87.3 Å². The minimum atomic E-state index is -0.743. The molecule has 0 aromatic heterocycles. The highest BCUT2D eigenvalue weighted by Gasteiger charge is 2.07. The molecule has 0 aliphatic heterocycles. The zero-order valence-electron chi connectivity index (χ0n) is 8.32. The third-order valence-electron chi connectivity index (χ3n) is 1.94. The number of primary amides is 1. The lowest BCUT2D eigenvalue weighted by atomic mass is 10.1. The summed E-state index contributed by atoms with van der Waals surface area (Å²) in [5.74, 6) is 1.46. The smallest absolute Gasteiger partial charge is 0.256 e. The topological polar surface area (TPSA) is 69.4 Å². The fraction of sp³-hybridized carbons (Fsp3) is 0.182. The molecule has 1 aromatic rings. The Kier molecular flexibility index (Phi) is 3.66. The molecule has 0 heterocycles. The number of hydrogen-bond donors (Lipinski definition) is 1. The number of nitrogens with two attached hydrogens (primary N) is 1. The van der Waals surface area contributed by atoms with Crippen LogP contribution in [0.3, 0.4) is 0 Å². The normalized spacial score (nSPS) is 9.13. The van der Waals surface area contributed by atoms with Crippen LogP contribution < -0.4 is 10.5 Å². The molecule has 0 spiro atoms. The van der Waals surface area contributed by atoms with E-state index < -0.39 is 5.91 Å².